The van der Waals surface area contributed by atoms with Crippen molar-refractivity contribution in [1.29, 1.82) is 0 Å². The third-order valence-electron chi connectivity index (χ3n) is 2.63. The SMILES string of the molecule is CCC(O)c1ccc(Oc2cccc(Cl)c2Cl)cn1. The average Bonchev–Trinajstić information content (AvgIpc) is 2.44. The summed E-state index contributed by atoms with van der Waals surface area (Å²) >= 11 is 11.9. The summed E-state index contributed by atoms with van der Waals surface area (Å²) in [5, 5.41) is 10.4. The molecule has 0 aliphatic rings. The fraction of sp³-hybridized carbons (Fsp3) is 0.214. The largest absolute Gasteiger partial charge is 0.454 e. The summed E-state index contributed by atoms with van der Waals surface area (Å²) in [6, 6.07) is 8.63. The van der Waals surface area contributed by atoms with E-state index in [4.69, 9.17) is 27.9 Å². The molecule has 1 N–H and O–H groups in total. The van der Waals surface area contributed by atoms with E-state index in [0.717, 1.165) is 0 Å². The highest BCUT2D eigenvalue weighted by molar-refractivity contribution is 6.42. The molecule has 19 heavy (non-hydrogen) atoms. The minimum atomic E-state index is -0.552. The summed E-state index contributed by atoms with van der Waals surface area (Å²) in [4.78, 5) is 4.15. The molecule has 0 saturated carbocycles. The predicted octanol–water partition coefficient (Wildman–Crippen LogP) is 4.62. The Morgan fingerprint density at radius 1 is 1.26 bits per heavy atom. The molecule has 3 nitrogen and oxygen atoms in total. The first-order valence-electron chi connectivity index (χ1n) is 5.87. The van der Waals surface area contributed by atoms with Gasteiger partial charge in [-0.1, -0.05) is 36.2 Å². The summed E-state index contributed by atoms with van der Waals surface area (Å²) in [6.45, 7) is 1.89. The van der Waals surface area contributed by atoms with Crippen molar-refractivity contribution < 1.29 is 9.84 Å². The summed E-state index contributed by atoms with van der Waals surface area (Å²) in [5.41, 5.74) is 0.618. The number of rotatable bonds is 4. The number of halogens is 2. The van der Waals surface area contributed by atoms with Gasteiger partial charge >= 0.3 is 0 Å². The maximum Gasteiger partial charge on any atom is 0.147 e. The van der Waals surface area contributed by atoms with Crippen molar-refractivity contribution in [3.8, 4) is 11.5 Å². The second-order valence-electron chi connectivity index (χ2n) is 4.00. The van der Waals surface area contributed by atoms with E-state index in [1.807, 2.05) is 6.92 Å². The Balaban J connectivity index is 2.18. The zero-order valence-electron chi connectivity index (χ0n) is 10.3. The molecule has 0 aliphatic heterocycles. The van der Waals surface area contributed by atoms with Crippen LogP contribution in [0.4, 0.5) is 0 Å². The Bertz CT molecular complexity index is 558. The van der Waals surface area contributed by atoms with Crippen molar-refractivity contribution in [3.63, 3.8) is 0 Å². The van der Waals surface area contributed by atoms with Gasteiger partial charge in [0.15, 0.2) is 0 Å². The van der Waals surface area contributed by atoms with Crippen molar-refractivity contribution in [2.75, 3.05) is 0 Å². The van der Waals surface area contributed by atoms with Crippen LogP contribution >= 0.6 is 23.2 Å². The fourth-order valence-electron chi connectivity index (χ4n) is 1.55. The van der Waals surface area contributed by atoms with Crippen molar-refractivity contribution in [2.24, 2.45) is 0 Å². The van der Waals surface area contributed by atoms with Crippen LogP contribution in [0, 0.1) is 0 Å². The van der Waals surface area contributed by atoms with Gasteiger partial charge in [-0.25, -0.2) is 0 Å². The van der Waals surface area contributed by atoms with Crippen LogP contribution in [-0.4, -0.2) is 10.1 Å². The molecule has 2 rings (SSSR count). The van der Waals surface area contributed by atoms with Gasteiger partial charge in [-0.3, -0.25) is 4.98 Å². The monoisotopic (exact) mass is 297 g/mol. The standard InChI is InChI=1S/C14H13Cl2NO2/c1-2-12(18)11-7-6-9(8-17-11)19-13-5-3-4-10(15)14(13)16/h3-8,12,18H,2H2,1H3. The van der Waals surface area contributed by atoms with Gasteiger partial charge in [0.2, 0.25) is 0 Å². The first-order chi connectivity index (χ1) is 9.11. The number of aromatic nitrogens is 1. The smallest absolute Gasteiger partial charge is 0.147 e. The molecule has 100 valence electrons. The molecule has 2 aromatic rings. The molecule has 0 spiro atoms. The maximum absolute atomic E-state index is 9.65. The van der Waals surface area contributed by atoms with Gasteiger partial charge in [-0.15, -0.1) is 0 Å². The lowest BCUT2D eigenvalue weighted by molar-refractivity contribution is 0.169. The number of hydrogen-bond acceptors (Lipinski definition) is 3. The van der Waals surface area contributed by atoms with Crippen LogP contribution in [0.15, 0.2) is 36.5 Å². The van der Waals surface area contributed by atoms with Gasteiger partial charge in [-0.05, 0) is 30.7 Å². The van der Waals surface area contributed by atoms with Gasteiger partial charge in [0, 0.05) is 0 Å². The molecule has 0 bridgehead atoms. The van der Waals surface area contributed by atoms with Crippen LogP contribution in [0.5, 0.6) is 11.5 Å². The normalized spacial score (nSPS) is 12.2. The number of benzene rings is 1. The average molecular weight is 298 g/mol. The predicted molar refractivity (Wildman–Crippen MR) is 76.0 cm³/mol. The first kappa shape index (κ1) is 14.1. The molecule has 1 unspecified atom stereocenters. The van der Waals surface area contributed by atoms with Crippen molar-refractivity contribution >= 4 is 23.2 Å². The topological polar surface area (TPSA) is 42.4 Å². The summed E-state index contributed by atoms with van der Waals surface area (Å²) in [5.74, 6) is 1.01. The molecule has 1 heterocycles. The van der Waals surface area contributed by atoms with E-state index in [2.05, 4.69) is 4.98 Å². The Morgan fingerprint density at radius 2 is 2.05 bits per heavy atom. The Labute approximate surface area is 121 Å². The van der Waals surface area contributed by atoms with Crippen molar-refractivity contribution in [3.05, 3.63) is 52.3 Å². The van der Waals surface area contributed by atoms with Crippen molar-refractivity contribution in [1.82, 2.24) is 4.98 Å². The highest BCUT2D eigenvalue weighted by Crippen LogP contribution is 2.34. The van der Waals surface area contributed by atoms with E-state index in [1.54, 1.807) is 36.5 Å². The number of pyridine rings is 1. The zero-order chi connectivity index (χ0) is 13.8. The molecule has 0 amide bonds. The molecule has 1 atom stereocenters. The first-order valence-corrected chi connectivity index (χ1v) is 6.63. The van der Waals surface area contributed by atoms with Crippen LogP contribution in [0.1, 0.15) is 25.1 Å². The van der Waals surface area contributed by atoms with Gasteiger partial charge in [0.25, 0.3) is 0 Å². The molecular formula is C14H13Cl2NO2. The zero-order valence-corrected chi connectivity index (χ0v) is 11.8. The summed E-state index contributed by atoms with van der Waals surface area (Å²) in [6.07, 6.45) is 1.61. The molecular weight excluding hydrogens is 285 g/mol. The lowest BCUT2D eigenvalue weighted by Gasteiger charge is -2.10. The van der Waals surface area contributed by atoms with Gasteiger partial charge in [-0.2, -0.15) is 0 Å². The summed E-state index contributed by atoms with van der Waals surface area (Å²) < 4.78 is 5.60. The van der Waals surface area contributed by atoms with E-state index in [0.29, 0.717) is 33.7 Å². The maximum atomic E-state index is 9.65. The third-order valence-corrected chi connectivity index (χ3v) is 3.43. The van der Waals surface area contributed by atoms with E-state index >= 15 is 0 Å². The van der Waals surface area contributed by atoms with E-state index in [-0.39, 0.29) is 0 Å². The van der Waals surface area contributed by atoms with Crippen LogP contribution in [0.2, 0.25) is 10.0 Å². The quantitative estimate of drug-likeness (QED) is 0.895. The number of hydrogen-bond donors (Lipinski definition) is 1. The highest BCUT2D eigenvalue weighted by Gasteiger charge is 2.09. The molecule has 0 aliphatic carbocycles. The number of aliphatic hydroxyl groups excluding tert-OH is 1. The van der Waals surface area contributed by atoms with Crippen LogP contribution in [-0.2, 0) is 0 Å². The van der Waals surface area contributed by atoms with Crippen molar-refractivity contribution in [2.45, 2.75) is 19.4 Å². The van der Waals surface area contributed by atoms with Crippen LogP contribution in [0.3, 0.4) is 0 Å². The molecule has 0 fully saturated rings. The molecule has 1 aromatic heterocycles. The minimum absolute atomic E-state index is 0.363. The lowest BCUT2D eigenvalue weighted by Crippen LogP contribution is -1.98. The van der Waals surface area contributed by atoms with E-state index < -0.39 is 6.10 Å². The minimum Gasteiger partial charge on any atom is -0.454 e. The second kappa shape index (κ2) is 6.24. The number of nitrogens with zero attached hydrogens (tertiary/aromatic N) is 1. The molecule has 5 heteroatoms. The van der Waals surface area contributed by atoms with Crippen LogP contribution < -0.4 is 4.74 Å². The number of ether oxygens (including phenoxy) is 1. The third kappa shape index (κ3) is 3.38. The molecule has 1 aromatic carbocycles. The Kier molecular flexibility index (Phi) is 4.64. The summed E-state index contributed by atoms with van der Waals surface area (Å²) in [7, 11) is 0. The van der Waals surface area contributed by atoms with E-state index in [9.17, 15) is 5.11 Å². The Morgan fingerprint density at radius 3 is 2.68 bits per heavy atom. The van der Waals surface area contributed by atoms with E-state index in [1.165, 1.54) is 0 Å². The molecule has 0 saturated heterocycles. The van der Waals surface area contributed by atoms with Gasteiger partial charge in [0.1, 0.15) is 16.5 Å². The van der Waals surface area contributed by atoms with Gasteiger partial charge < -0.3 is 9.84 Å². The second-order valence-corrected chi connectivity index (χ2v) is 4.78. The lowest BCUT2D eigenvalue weighted by atomic mass is 10.2. The highest BCUT2D eigenvalue weighted by atomic mass is 35.5. The van der Waals surface area contributed by atoms with Gasteiger partial charge in [0.05, 0.1) is 23.0 Å². The van der Waals surface area contributed by atoms with Crippen LogP contribution in [0.25, 0.3) is 0 Å². The Hall–Kier alpha value is -1.29. The molecule has 0 radical (unpaired) electrons. The number of aliphatic hydroxyl groups is 1. The fourth-order valence-corrected chi connectivity index (χ4v) is 1.88.